The van der Waals surface area contributed by atoms with E-state index < -0.39 is 0 Å². The van der Waals surface area contributed by atoms with Gasteiger partial charge in [-0.05, 0) is 6.26 Å². The van der Waals surface area contributed by atoms with Gasteiger partial charge in [-0.1, -0.05) is 25.6 Å². The Balaban J connectivity index is 1.75. The van der Waals surface area contributed by atoms with E-state index in [4.69, 9.17) is 0 Å². The Bertz CT molecular complexity index is 723. The molecule has 0 amide bonds. The lowest BCUT2D eigenvalue weighted by atomic mass is 10.1. The highest BCUT2D eigenvalue weighted by Crippen LogP contribution is 2.22. The zero-order valence-electron chi connectivity index (χ0n) is 13.0. The van der Waals surface area contributed by atoms with Gasteiger partial charge in [-0.25, -0.2) is 9.97 Å². The Morgan fingerprint density at radius 1 is 1.45 bits per heavy atom. The molecule has 0 atom stereocenters. The summed E-state index contributed by atoms with van der Waals surface area (Å²) in [6.07, 6.45) is 2.75. The van der Waals surface area contributed by atoms with Gasteiger partial charge in [0.1, 0.15) is 0 Å². The third-order valence-corrected chi connectivity index (χ3v) is 5.54. The zero-order chi connectivity index (χ0) is 15.7. The van der Waals surface area contributed by atoms with Gasteiger partial charge in [-0.15, -0.1) is 11.3 Å². The van der Waals surface area contributed by atoms with Crippen LogP contribution in [0.5, 0.6) is 0 Å². The quantitative estimate of drug-likeness (QED) is 0.687. The number of aromatic nitrogens is 3. The van der Waals surface area contributed by atoms with Crippen LogP contribution in [0.4, 0.5) is 0 Å². The van der Waals surface area contributed by atoms with Crippen LogP contribution in [0.15, 0.2) is 15.3 Å². The predicted molar refractivity (Wildman–Crippen MR) is 90.7 cm³/mol. The van der Waals surface area contributed by atoms with Gasteiger partial charge >= 0.3 is 0 Å². The maximum atomic E-state index is 12.2. The van der Waals surface area contributed by atoms with Gasteiger partial charge in [0.15, 0.2) is 5.16 Å². The summed E-state index contributed by atoms with van der Waals surface area (Å²) in [5.41, 5.74) is 2.86. The predicted octanol–water partition coefficient (Wildman–Crippen LogP) is 2.63. The maximum Gasteiger partial charge on any atom is 0.256 e. The van der Waals surface area contributed by atoms with Crippen LogP contribution >= 0.6 is 23.1 Å². The monoisotopic (exact) mass is 336 g/mol. The van der Waals surface area contributed by atoms with Crippen molar-refractivity contribution in [1.29, 1.82) is 0 Å². The van der Waals surface area contributed by atoms with E-state index in [9.17, 15) is 4.79 Å². The SMILES string of the molecule is CSc1nc2c(c(=O)[nH]1)CN(Cc1csc(C(C)C)n1)CC2. The van der Waals surface area contributed by atoms with Crippen LogP contribution in [-0.4, -0.2) is 32.7 Å². The highest BCUT2D eigenvalue weighted by atomic mass is 32.2. The molecule has 0 aromatic carbocycles. The minimum absolute atomic E-state index is 0.000183. The van der Waals surface area contributed by atoms with E-state index in [1.807, 2.05) is 6.26 Å². The van der Waals surface area contributed by atoms with Crippen LogP contribution in [0.25, 0.3) is 0 Å². The minimum Gasteiger partial charge on any atom is -0.301 e. The summed E-state index contributed by atoms with van der Waals surface area (Å²) < 4.78 is 0. The lowest BCUT2D eigenvalue weighted by Gasteiger charge is -2.26. The molecule has 0 saturated heterocycles. The van der Waals surface area contributed by atoms with E-state index in [-0.39, 0.29) is 5.56 Å². The molecule has 1 aliphatic rings. The van der Waals surface area contributed by atoms with E-state index in [0.717, 1.165) is 36.5 Å². The molecule has 0 saturated carbocycles. The largest absolute Gasteiger partial charge is 0.301 e. The van der Waals surface area contributed by atoms with Crippen LogP contribution in [0.1, 0.15) is 41.7 Å². The first kappa shape index (κ1) is 15.7. The molecule has 2 aromatic heterocycles. The average molecular weight is 336 g/mol. The molecule has 22 heavy (non-hydrogen) atoms. The number of fused-ring (bicyclic) bond motifs is 1. The van der Waals surface area contributed by atoms with E-state index in [1.165, 1.54) is 16.8 Å². The summed E-state index contributed by atoms with van der Waals surface area (Å²) in [5.74, 6) is 0.470. The van der Waals surface area contributed by atoms with Crippen molar-refractivity contribution in [2.45, 2.75) is 44.4 Å². The van der Waals surface area contributed by atoms with E-state index in [1.54, 1.807) is 11.3 Å². The molecule has 118 valence electrons. The lowest BCUT2D eigenvalue weighted by Crippen LogP contribution is -2.35. The summed E-state index contributed by atoms with van der Waals surface area (Å²) in [6.45, 7) is 6.70. The number of nitrogens with one attached hydrogen (secondary N) is 1. The molecule has 1 aliphatic heterocycles. The van der Waals surface area contributed by atoms with Crippen LogP contribution in [0.3, 0.4) is 0 Å². The lowest BCUT2D eigenvalue weighted by molar-refractivity contribution is 0.238. The first-order chi connectivity index (χ1) is 10.6. The van der Waals surface area contributed by atoms with Crippen molar-refractivity contribution in [3.63, 3.8) is 0 Å². The van der Waals surface area contributed by atoms with Crippen molar-refractivity contribution in [2.75, 3.05) is 12.8 Å². The van der Waals surface area contributed by atoms with E-state index in [0.29, 0.717) is 17.6 Å². The van der Waals surface area contributed by atoms with Gasteiger partial charge in [0, 0.05) is 37.4 Å². The summed E-state index contributed by atoms with van der Waals surface area (Å²) in [5, 5.41) is 4.01. The minimum atomic E-state index is 0.000183. The molecule has 0 fully saturated rings. The van der Waals surface area contributed by atoms with Gasteiger partial charge in [0.2, 0.25) is 0 Å². The summed E-state index contributed by atoms with van der Waals surface area (Å²) in [6, 6.07) is 0. The molecule has 0 spiro atoms. The number of H-pyrrole nitrogens is 1. The summed E-state index contributed by atoms with van der Waals surface area (Å²) >= 11 is 3.19. The topological polar surface area (TPSA) is 61.9 Å². The third kappa shape index (κ3) is 3.26. The molecule has 0 radical (unpaired) electrons. The fraction of sp³-hybridized carbons (Fsp3) is 0.533. The highest BCUT2D eigenvalue weighted by molar-refractivity contribution is 7.98. The number of nitrogens with zero attached hydrogens (tertiary/aromatic N) is 3. The van der Waals surface area contributed by atoms with Gasteiger partial charge < -0.3 is 4.98 Å². The Kier molecular flexibility index (Phi) is 4.65. The number of rotatable bonds is 4. The fourth-order valence-electron chi connectivity index (χ4n) is 2.58. The second kappa shape index (κ2) is 6.52. The van der Waals surface area contributed by atoms with Gasteiger partial charge in [0.25, 0.3) is 5.56 Å². The molecule has 2 aromatic rings. The molecular formula is C15H20N4OS2. The molecule has 5 nitrogen and oxygen atoms in total. The van der Waals surface area contributed by atoms with Crippen molar-refractivity contribution < 1.29 is 0 Å². The number of thiazole rings is 1. The standard InChI is InChI=1S/C15H20N4OS2/c1-9(2)14-16-10(8-22-14)6-19-5-4-12-11(7-19)13(20)18-15(17-12)21-3/h8-9H,4-7H2,1-3H3,(H,17,18,20). The van der Waals surface area contributed by atoms with Gasteiger partial charge in [-0.2, -0.15) is 0 Å². The second-order valence-corrected chi connectivity index (χ2v) is 7.48. The van der Waals surface area contributed by atoms with Crippen molar-refractivity contribution >= 4 is 23.1 Å². The Hall–Kier alpha value is -1.18. The molecule has 7 heteroatoms. The molecule has 0 unspecified atom stereocenters. The maximum absolute atomic E-state index is 12.2. The Morgan fingerprint density at radius 2 is 2.27 bits per heavy atom. The molecule has 0 bridgehead atoms. The van der Waals surface area contributed by atoms with E-state index >= 15 is 0 Å². The van der Waals surface area contributed by atoms with Crippen LogP contribution < -0.4 is 5.56 Å². The smallest absolute Gasteiger partial charge is 0.256 e. The van der Waals surface area contributed by atoms with Crippen molar-refractivity contribution in [3.05, 3.63) is 37.7 Å². The van der Waals surface area contributed by atoms with Crippen LogP contribution in [-0.2, 0) is 19.5 Å². The molecule has 3 heterocycles. The summed E-state index contributed by atoms with van der Waals surface area (Å²) in [4.78, 5) is 26.5. The molecule has 1 N–H and O–H groups in total. The molecule has 0 aliphatic carbocycles. The second-order valence-electron chi connectivity index (χ2n) is 5.79. The van der Waals surface area contributed by atoms with Crippen molar-refractivity contribution in [2.24, 2.45) is 0 Å². The molecular weight excluding hydrogens is 316 g/mol. The van der Waals surface area contributed by atoms with Gasteiger partial charge in [-0.3, -0.25) is 9.69 Å². The van der Waals surface area contributed by atoms with E-state index in [2.05, 4.69) is 39.1 Å². The number of thioether (sulfide) groups is 1. The highest BCUT2D eigenvalue weighted by Gasteiger charge is 2.22. The normalized spacial score (nSPS) is 15.3. The Morgan fingerprint density at radius 3 is 2.95 bits per heavy atom. The Labute approximate surface area is 138 Å². The third-order valence-electron chi connectivity index (χ3n) is 3.77. The molecule has 3 rings (SSSR count). The van der Waals surface area contributed by atoms with Gasteiger partial charge in [0.05, 0.1) is 22.0 Å². The van der Waals surface area contributed by atoms with Crippen molar-refractivity contribution in [3.8, 4) is 0 Å². The van der Waals surface area contributed by atoms with Crippen LogP contribution in [0, 0.1) is 0 Å². The number of hydrogen-bond donors (Lipinski definition) is 1. The summed E-state index contributed by atoms with van der Waals surface area (Å²) in [7, 11) is 0. The number of hydrogen-bond acceptors (Lipinski definition) is 6. The first-order valence-corrected chi connectivity index (χ1v) is 9.50. The first-order valence-electron chi connectivity index (χ1n) is 7.39. The van der Waals surface area contributed by atoms with Crippen molar-refractivity contribution in [1.82, 2.24) is 19.9 Å². The zero-order valence-corrected chi connectivity index (χ0v) is 14.7. The fourth-order valence-corrected chi connectivity index (χ4v) is 3.80. The van der Waals surface area contributed by atoms with Crippen LogP contribution in [0.2, 0.25) is 0 Å². The number of aromatic amines is 1. The average Bonchev–Trinajstić information content (AvgIpc) is 2.96.